The van der Waals surface area contributed by atoms with Gasteiger partial charge in [0.2, 0.25) is 0 Å². The van der Waals surface area contributed by atoms with E-state index in [0.717, 1.165) is 34.4 Å². The second kappa shape index (κ2) is 11.4. The van der Waals surface area contributed by atoms with Gasteiger partial charge in [0.25, 0.3) is 0 Å². The summed E-state index contributed by atoms with van der Waals surface area (Å²) >= 11 is 0. The minimum Gasteiger partial charge on any atom is -0.478 e. The Balaban J connectivity index is 3.59. The van der Waals surface area contributed by atoms with E-state index in [1.165, 1.54) is 0 Å². The molecule has 0 atom stereocenters. The van der Waals surface area contributed by atoms with Crippen molar-refractivity contribution in [3.8, 4) is 0 Å². The summed E-state index contributed by atoms with van der Waals surface area (Å²) in [5.41, 5.74) is 0.430. The third kappa shape index (κ3) is 9.38. The highest BCUT2D eigenvalue weighted by molar-refractivity contribution is 6.35. The number of aliphatic carboxylic acids is 1. The topological polar surface area (TPSA) is 55.8 Å². The molecule has 1 N–H and O–H groups in total. The monoisotopic (exact) mass is 272 g/mol. The third-order valence-electron chi connectivity index (χ3n) is 2.36. The van der Waals surface area contributed by atoms with Crippen LogP contribution in [-0.4, -0.2) is 40.1 Å². The average Bonchev–Trinajstić information content (AvgIpc) is 2.33. The van der Waals surface area contributed by atoms with E-state index in [-0.39, 0.29) is 6.29 Å². The van der Waals surface area contributed by atoms with E-state index in [2.05, 4.69) is 0 Å². The van der Waals surface area contributed by atoms with Crippen molar-refractivity contribution in [3.05, 3.63) is 11.6 Å². The number of carboxylic acids is 1. The summed E-state index contributed by atoms with van der Waals surface area (Å²) in [4.78, 5) is 10.6. The molecule has 0 unspecified atom stereocenters. The molecule has 0 aromatic carbocycles. The Labute approximate surface area is 112 Å². The van der Waals surface area contributed by atoms with Crippen molar-refractivity contribution in [1.29, 1.82) is 0 Å². The van der Waals surface area contributed by atoms with Crippen molar-refractivity contribution >= 4 is 15.5 Å². The zero-order chi connectivity index (χ0) is 13.8. The molecule has 0 fully saturated rings. The molecule has 0 aliphatic rings. The zero-order valence-electron chi connectivity index (χ0n) is 11.6. The fourth-order valence-corrected chi connectivity index (χ4v) is 2.52. The van der Waals surface area contributed by atoms with Crippen molar-refractivity contribution in [1.82, 2.24) is 0 Å². The lowest BCUT2D eigenvalue weighted by atomic mass is 10.2. The van der Waals surface area contributed by atoms with Gasteiger partial charge in [0.1, 0.15) is 0 Å². The summed E-state index contributed by atoms with van der Waals surface area (Å²) in [7, 11) is 0.803. The van der Waals surface area contributed by atoms with Gasteiger partial charge >= 0.3 is 5.97 Å². The second-order valence-corrected chi connectivity index (χ2v) is 5.29. The lowest BCUT2D eigenvalue weighted by Gasteiger charge is -2.16. The first kappa shape index (κ1) is 17.3. The molecule has 0 spiro atoms. The molecule has 0 aromatic heterocycles. The number of carbonyl (C=O) groups is 1. The molecule has 0 amide bonds. The predicted molar refractivity (Wildman–Crippen MR) is 73.0 cm³/mol. The van der Waals surface area contributed by atoms with Crippen molar-refractivity contribution in [3.63, 3.8) is 0 Å². The molecular weight excluding hydrogens is 248 g/mol. The first-order chi connectivity index (χ1) is 8.61. The Bertz CT molecular complexity index is 247. The van der Waals surface area contributed by atoms with Gasteiger partial charge in [0.05, 0.1) is 0 Å². The van der Waals surface area contributed by atoms with E-state index in [1.54, 1.807) is 13.0 Å². The first-order valence-corrected chi connectivity index (χ1v) is 7.87. The SMILES string of the molecule is CCOC(C[Si]CCCC=C(C)C(=O)O)OCC. The van der Waals surface area contributed by atoms with Crippen molar-refractivity contribution < 1.29 is 19.4 Å². The molecule has 0 rings (SSSR count). The summed E-state index contributed by atoms with van der Waals surface area (Å²) < 4.78 is 10.9. The highest BCUT2D eigenvalue weighted by Gasteiger charge is 2.07. The standard InChI is InChI=1S/C13H24O4Si/c1-4-16-12(17-5-2)10-18-9-7-6-8-11(3)13(14)15/h8,12H,4-7,9-10H2,1-3H3,(H,14,15). The maximum Gasteiger partial charge on any atom is 0.330 e. The summed E-state index contributed by atoms with van der Waals surface area (Å²) in [5, 5.41) is 8.68. The molecule has 0 aromatic rings. The van der Waals surface area contributed by atoms with E-state index in [9.17, 15) is 4.79 Å². The molecule has 18 heavy (non-hydrogen) atoms. The van der Waals surface area contributed by atoms with Crippen LogP contribution in [0.15, 0.2) is 11.6 Å². The highest BCUT2D eigenvalue weighted by atomic mass is 28.2. The van der Waals surface area contributed by atoms with E-state index < -0.39 is 5.97 Å². The maximum atomic E-state index is 10.6. The molecule has 2 radical (unpaired) electrons. The Morgan fingerprint density at radius 2 is 1.94 bits per heavy atom. The fraction of sp³-hybridized carbons (Fsp3) is 0.769. The molecular formula is C13H24O4Si. The van der Waals surface area contributed by atoms with Crippen LogP contribution in [0.2, 0.25) is 12.1 Å². The fourth-order valence-electron chi connectivity index (χ4n) is 1.39. The number of ether oxygens (including phenoxy) is 2. The van der Waals surface area contributed by atoms with Crippen LogP contribution in [0.3, 0.4) is 0 Å². The smallest absolute Gasteiger partial charge is 0.330 e. The molecule has 5 heteroatoms. The number of hydrogen-bond acceptors (Lipinski definition) is 3. The summed E-state index contributed by atoms with van der Waals surface area (Å²) in [6, 6.07) is 2.03. The van der Waals surface area contributed by atoms with Crippen molar-refractivity contribution in [2.24, 2.45) is 0 Å². The minimum absolute atomic E-state index is 0.0744. The molecule has 0 bridgehead atoms. The van der Waals surface area contributed by atoms with Crippen LogP contribution in [0.5, 0.6) is 0 Å². The predicted octanol–water partition coefficient (Wildman–Crippen LogP) is 2.74. The van der Waals surface area contributed by atoms with E-state index in [0.29, 0.717) is 18.8 Å². The lowest BCUT2D eigenvalue weighted by Crippen LogP contribution is -2.18. The van der Waals surface area contributed by atoms with Gasteiger partial charge in [0, 0.05) is 28.3 Å². The van der Waals surface area contributed by atoms with Gasteiger partial charge in [-0.2, -0.15) is 0 Å². The van der Waals surface area contributed by atoms with Gasteiger partial charge in [-0.3, -0.25) is 0 Å². The Kier molecular flexibility index (Phi) is 11.0. The Morgan fingerprint density at radius 3 is 2.44 bits per heavy atom. The largest absolute Gasteiger partial charge is 0.478 e. The molecule has 104 valence electrons. The van der Waals surface area contributed by atoms with Gasteiger partial charge in [-0.25, -0.2) is 4.79 Å². The number of rotatable bonds is 11. The average molecular weight is 272 g/mol. The molecule has 4 nitrogen and oxygen atoms in total. The number of hydrogen-bond donors (Lipinski definition) is 1. The van der Waals surface area contributed by atoms with Crippen LogP contribution < -0.4 is 0 Å². The van der Waals surface area contributed by atoms with Crippen LogP contribution in [0.1, 0.15) is 33.6 Å². The van der Waals surface area contributed by atoms with Crippen LogP contribution >= 0.6 is 0 Å². The Morgan fingerprint density at radius 1 is 1.33 bits per heavy atom. The second-order valence-electron chi connectivity index (χ2n) is 3.88. The summed E-state index contributed by atoms with van der Waals surface area (Å²) in [5.74, 6) is -0.829. The number of unbranched alkanes of at least 4 members (excludes halogenated alkanes) is 1. The molecule has 0 aliphatic heterocycles. The van der Waals surface area contributed by atoms with Crippen molar-refractivity contribution in [2.75, 3.05) is 13.2 Å². The minimum atomic E-state index is -0.829. The van der Waals surface area contributed by atoms with Gasteiger partial charge < -0.3 is 14.6 Å². The van der Waals surface area contributed by atoms with Gasteiger partial charge in [0.15, 0.2) is 6.29 Å². The summed E-state index contributed by atoms with van der Waals surface area (Å²) in [6.07, 6.45) is 3.57. The molecule has 0 saturated heterocycles. The van der Waals surface area contributed by atoms with Crippen molar-refractivity contribution in [2.45, 2.75) is 52.0 Å². The van der Waals surface area contributed by atoms with Crippen LogP contribution in [0, 0.1) is 0 Å². The zero-order valence-corrected chi connectivity index (χ0v) is 12.6. The quantitative estimate of drug-likeness (QED) is 0.272. The van der Waals surface area contributed by atoms with Gasteiger partial charge in [-0.05, 0) is 33.2 Å². The number of allylic oxidation sites excluding steroid dienone is 1. The molecule has 0 saturated carbocycles. The lowest BCUT2D eigenvalue weighted by molar-refractivity contribution is -0.132. The molecule has 0 aliphatic carbocycles. The number of carboxylic acid groups (broad SMARTS) is 1. The van der Waals surface area contributed by atoms with E-state index >= 15 is 0 Å². The van der Waals surface area contributed by atoms with Gasteiger partial charge in [-0.1, -0.05) is 18.5 Å². The Hall–Kier alpha value is -0.653. The van der Waals surface area contributed by atoms with Crippen LogP contribution in [0.25, 0.3) is 0 Å². The third-order valence-corrected chi connectivity index (χ3v) is 3.69. The maximum absolute atomic E-state index is 10.6. The highest BCUT2D eigenvalue weighted by Crippen LogP contribution is 2.06. The summed E-state index contributed by atoms with van der Waals surface area (Å²) in [6.45, 7) is 6.92. The van der Waals surface area contributed by atoms with E-state index in [4.69, 9.17) is 14.6 Å². The van der Waals surface area contributed by atoms with Crippen LogP contribution in [-0.2, 0) is 14.3 Å². The van der Waals surface area contributed by atoms with Crippen LogP contribution in [0.4, 0.5) is 0 Å². The van der Waals surface area contributed by atoms with Gasteiger partial charge in [-0.15, -0.1) is 0 Å². The molecule has 0 heterocycles. The normalized spacial score (nSPS) is 12.1. The first-order valence-electron chi connectivity index (χ1n) is 6.45. The van der Waals surface area contributed by atoms with E-state index in [1.807, 2.05) is 13.8 Å².